The van der Waals surface area contributed by atoms with Gasteiger partial charge in [-0.25, -0.2) is 9.97 Å². The average Bonchev–Trinajstić information content (AvgIpc) is 3.51. The van der Waals surface area contributed by atoms with Gasteiger partial charge < -0.3 is 14.6 Å². The number of furan rings is 1. The molecule has 1 amide bonds. The minimum atomic E-state index is -0.0350. The third kappa shape index (κ3) is 3.50. The van der Waals surface area contributed by atoms with Gasteiger partial charge in [0.15, 0.2) is 11.6 Å². The lowest BCUT2D eigenvalue weighted by atomic mass is 10.0. The van der Waals surface area contributed by atoms with E-state index in [1.54, 1.807) is 34.8 Å². The third-order valence-electron chi connectivity index (χ3n) is 5.63. The molecule has 0 spiro atoms. The van der Waals surface area contributed by atoms with Crippen molar-refractivity contribution >= 4 is 44.6 Å². The van der Waals surface area contributed by atoms with Gasteiger partial charge >= 0.3 is 0 Å². The zero-order valence-electron chi connectivity index (χ0n) is 16.8. The van der Waals surface area contributed by atoms with Crippen LogP contribution in [0.2, 0.25) is 0 Å². The van der Waals surface area contributed by atoms with Crippen LogP contribution >= 0.6 is 22.7 Å². The van der Waals surface area contributed by atoms with E-state index in [0.717, 1.165) is 39.6 Å². The maximum absolute atomic E-state index is 12.5. The Bertz CT molecular complexity index is 1170. The number of aromatic nitrogens is 2. The molecule has 1 N–H and O–H groups in total. The van der Waals surface area contributed by atoms with Crippen molar-refractivity contribution in [2.24, 2.45) is 0 Å². The summed E-state index contributed by atoms with van der Waals surface area (Å²) in [4.78, 5) is 27.5. The average molecular weight is 439 g/mol. The number of carbonyl (C=O) groups is 1. The van der Waals surface area contributed by atoms with Crippen LogP contribution in [0.3, 0.4) is 0 Å². The summed E-state index contributed by atoms with van der Waals surface area (Å²) in [6.07, 6.45) is 3.28. The molecule has 154 valence electrons. The largest absolute Gasteiger partial charge is 0.459 e. The van der Waals surface area contributed by atoms with E-state index in [4.69, 9.17) is 14.4 Å². The van der Waals surface area contributed by atoms with Gasteiger partial charge in [0, 0.05) is 24.0 Å². The fraction of sp³-hybridized carbons (Fsp3) is 0.318. The molecule has 6 nitrogen and oxygen atoms in total. The first-order chi connectivity index (χ1) is 14.6. The molecular weight excluding hydrogens is 416 g/mol. The number of piperidine rings is 1. The number of likely N-dealkylation sites (tertiary alicyclic amines) is 1. The molecule has 0 radical (unpaired) electrons. The number of amides is 1. The van der Waals surface area contributed by atoms with Crippen LogP contribution in [0.15, 0.2) is 40.3 Å². The Labute approximate surface area is 182 Å². The van der Waals surface area contributed by atoms with Crippen molar-refractivity contribution in [2.45, 2.75) is 32.7 Å². The van der Waals surface area contributed by atoms with Gasteiger partial charge in [-0.15, -0.1) is 22.7 Å². The van der Waals surface area contributed by atoms with E-state index < -0.39 is 0 Å². The molecule has 30 heavy (non-hydrogen) atoms. The SMILES string of the molecule is Cc1sc2nc(-c3cccs3)nc(NC3CCN(C(=O)c4ccco4)CC3)c2c1C. The second-order valence-corrected chi connectivity index (χ2v) is 9.68. The third-order valence-corrected chi connectivity index (χ3v) is 7.59. The van der Waals surface area contributed by atoms with Gasteiger partial charge in [0.1, 0.15) is 10.6 Å². The lowest BCUT2D eigenvalue weighted by molar-refractivity contribution is 0.0686. The Hall–Kier alpha value is -2.71. The number of hydrogen-bond donors (Lipinski definition) is 1. The number of nitrogens with zero attached hydrogens (tertiary/aromatic N) is 3. The second kappa shape index (κ2) is 7.85. The van der Waals surface area contributed by atoms with Crippen LogP contribution in [0.1, 0.15) is 33.8 Å². The predicted octanol–water partition coefficient (Wildman–Crippen LogP) is 5.35. The molecule has 4 aromatic rings. The summed E-state index contributed by atoms with van der Waals surface area (Å²) in [6, 6.07) is 7.81. The molecule has 5 rings (SSSR count). The minimum Gasteiger partial charge on any atom is -0.459 e. The van der Waals surface area contributed by atoms with Gasteiger partial charge in [-0.2, -0.15) is 0 Å². The Morgan fingerprint density at radius 3 is 2.73 bits per heavy atom. The fourth-order valence-corrected chi connectivity index (χ4v) is 5.53. The summed E-state index contributed by atoms with van der Waals surface area (Å²) in [5.41, 5.74) is 1.24. The van der Waals surface area contributed by atoms with Crippen LogP contribution in [-0.2, 0) is 0 Å². The van der Waals surface area contributed by atoms with Crippen molar-refractivity contribution < 1.29 is 9.21 Å². The van der Waals surface area contributed by atoms with Crippen LogP contribution in [-0.4, -0.2) is 39.9 Å². The van der Waals surface area contributed by atoms with Gasteiger partial charge in [-0.1, -0.05) is 6.07 Å². The Kier molecular flexibility index (Phi) is 5.04. The first kappa shape index (κ1) is 19.3. The molecule has 0 unspecified atom stereocenters. The summed E-state index contributed by atoms with van der Waals surface area (Å²) in [5, 5.41) is 6.84. The molecule has 0 aromatic carbocycles. The van der Waals surface area contributed by atoms with Crippen LogP contribution in [0.25, 0.3) is 20.9 Å². The number of fused-ring (bicyclic) bond motifs is 1. The van der Waals surface area contributed by atoms with Gasteiger partial charge in [0.25, 0.3) is 5.91 Å². The highest BCUT2D eigenvalue weighted by Crippen LogP contribution is 2.36. The van der Waals surface area contributed by atoms with E-state index in [9.17, 15) is 4.79 Å². The normalized spacial score (nSPS) is 15.1. The van der Waals surface area contributed by atoms with Crippen molar-refractivity contribution in [2.75, 3.05) is 18.4 Å². The van der Waals surface area contributed by atoms with Crippen LogP contribution < -0.4 is 5.32 Å². The predicted molar refractivity (Wildman–Crippen MR) is 121 cm³/mol. The molecule has 1 fully saturated rings. The molecule has 1 saturated heterocycles. The van der Waals surface area contributed by atoms with Gasteiger partial charge in [-0.3, -0.25) is 4.79 Å². The van der Waals surface area contributed by atoms with E-state index in [1.165, 1.54) is 16.7 Å². The highest BCUT2D eigenvalue weighted by Gasteiger charge is 2.26. The summed E-state index contributed by atoms with van der Waals surface area (Å²) in [6.45, 7) is 5.67. The molecule has 5 heterocycles. The van der Waals surface area contributed by atoms with E-state index in [0.29, 0.717) is 18.8 Å². The fourth-order valence-electron chi connectivity index (χ4n) is 3.85. The molecular formula is C22H22N4O2S2. The molecule has 0 atom stereocenters. The number of aryl methyl sites for hydroxylation is 2. The number of nitrogens with one attached hydrogen (secondary N) is 1. The smallest absolute Gasteiger partial charge is 0.289 e. The first-order valence-corrected chi connectivity index (χ1v) is 11.7. The second-order valence-electron chi connectivity index (χ2n) is 7.52. The zero-order chi connectivity index (χ0) is 20.7. The number of hydrogen-bond acceptors (Lipinski definition) is 7. The number of rotatable bonds is 4. The molecule has 1 aliphatic heterocycles. The quantitative estimate of drug-likeness (QED) is 0.465. The molecule has 0 bridgehead atoms. The van der Waals surface area contributed by atoms with Crippen LogP contribution in [0.4, 0.5) is 5.82 Å². The Morgan fingerprint density at radius 1 is 1.20 bits per heavy atom. The highest BCUT2D eigenvalue weighted by atomic mass is 32.1. The number of carbonyl (C=O) groups excluding carboxylic acids is 1. The topological polar surface area (TPSA) is 71.3 Å². The molecule has 0 aliphatic carbocycles. The standard InChI is InChI=1S/C22H22N4O2S2/c1-13-14(2)30-21-18(13)20(24-19(25-21)17-6-4-12-29-17)23-15-7-9-26(10-8-15)22(27)16-5-3-11-28-16/h3-6,11-12,15H,7-10H2,1-2H3,(H,23,24,25). The van der Waals surface area contributed by atoms with Crippen molar-refractivity contribution in [1.29, 1.82) is 0 Å². The van der Waals surface area contributed by atoms with E-state index >= 15 is 0 Å². The van der Waals surface area contributed by atoms with Crippen molar-refractivity contribution in [3.8, 4) is 10.7 Å². The van der Waals surface area contributed by atoms with Gasteiger partial charge in [0.2, 0.25) is 0 Å². The number of thiophene rings is 2. The van der Waals surface area contributed by atoms with Crippen LogP contribution in [0.5, 0.6) is 0 Å². The first-order valence-electron chi connectivity index (χ1n) is 10.0. The summed E-state index contributed by atoms with van der Waals surface area (Å²) >= 11 is 3.37. The van der Waals surface area contributed by atoms with Crippen molar-refractivity contribution in [3.63, 3.8) is 0 Å². The van der Waals surface area contributed by atoms with Crippen molar-refractivity contribution in [3.05, 3.63) is 52.1 Å². The highest BCUT2D eigenvalue weighted by molar-refractivity contribution is 7.19. The molecule has 8 heteroatoms. The van der Waals surface area contributed by atoms with Crippen molar-refractivity contribution in [1.82, 2.24) is 14.9 Å². The molecule has 1 aliphatic rings. The lowest BCUT2D eigenvalue weighted by Gasteiger charge is -2.32. The Morgan fingerprint density at radius 2 is 2.03 bits per heavy atom. The summed E-state index contributed by atoms with van der Waals surface area (Å²) in [5.74, 6) is 2.05. The van der Waals surface area contributed by atoms with E-state index in [2.05, 4.69) is 25.2 Å². The van der Waals surface area contributed by atoms with Gasteiger partial charge in [-0.05, 0) is 55.8 Å². The molecule has 0 saturated carbocycles. The van der Waals surface area contributed by atoms with E-state index in [-0.39, 0.29) is 11.9 Å². The summed E-state index contributed by atoms with van der Waals surface area (Å²) < 4.78 is 5.26. The molecule has 4 aromatic heterocycles. The van der Waals surface area contributed by atoms with Crippen LogP contribution in [0, 0.1) is 13.8 Å². The lowest BCUT2D eigenvalue weighted by Crippen LogP contribution is -2.42. The Balaban J connectivity index is 1.38. The maximum atomic E-state index is 12.5. The van der Waals surface area contributed by atoms with E-state index in [1.807, 2.05) is 16.3 Å². The monoisotopic (exact) mass is 438 g/mol. The zero-order valence-corrected chi connectivity index (χ0v) is 18.5. The van der Waals surface area contributed by atoms with Gasteiger partial charge in [0.05, 0.1) is 16.5 Å². The number of anilines is 1. The maximum Gasteiger partial charge on any atom is 0.289 e. The summed E-state index contributed by atoms with van der Waals surface area (Å²) in [7, 11) is 0. The minimum absolute atomic E-state index is 0.0350.